The smallest absolute Gasteiger partial charge is 0.317 e. The first kappa shape index (κ1) is 17.6. The summed E-state index contributed by atoms with van der Waals surface area (Å²) >= 11 is 0. The third-order valence-corrected chi connectivity index (χ3v) is 4.43. The van der Waals surface area contributed by atoms with E-state index < -0.39 is 10.0 Å². The lowest BCUT2D eigenvalue weighted by Gasteiger charge is -2.32. The van der Waals surface area contributed by atoms with Gasteiger partial charge in [-0.2, -0.15) is 0 Å². The van der Waals surface area contributed by atoms with Crippen molar-refractivity contribution in [3.63, 3.8) is 0 Å². The number of carbonyl (C=O) groups excluding carboxylic acids is 1. The molecule has 1 fully saturated rings. The van der Waals surface area contributed by atoms with Crippen LogP contribution in [0.4, 0.5) is 4.79 Å². The molecule has 0 radical (unpaired) electrons. The minimum atomic E-state index is -3.26. The third kappa shape index (κ3) is 5.72. The van der Waals surface area contributed by atoms with Crippen LogP contribution >= 0.6 is 0 Å². The highest BCUT2D eigenvalue weighted by atomic mass is 32.2. The Hall–Kier alpha value is -1.80. The molecule has 0 unspecified atom stereocenters. The summed E-state index contributed by atoms with van der Waals surface area (Å²) in [6.45, 7) is 1.42. The van der Waals surface area contributed by atoms with Crippen LogP contribution in [-0.4, -0.2) is 51.8 Å². The number of hydrogen-bond donors (Lipinski definition) is 2. The van der Waals surface area contributed by atoms with Gasteiger partial charge in [-0.3, -0.25) is 0 Å². The lowest BCUT2D eigenvalue weighted by molar-refractivity contribution is 0.177. The minimum Gasteiger partial charge on any atom is -0.497 e. The topological polar surface area (TPSA) is 87.7 Å². The largest absolute Gasteiger partial charge is 0.497 e. The number of ether oxygens (including phenoxy) is 1. The van der Waals surface area contributed by atoms with Gasteiger partial charge in [0.2, 0.25) is 10.0 Å². The van der Waals surface area contributed by atoms with Gasteiger partial charge in [-0.25, -0.2) is 17.9 Å². The molecular formula is C15H23N3O4S. The molecule has 1 aliphatic heterocycles. The van der Waals surface area contributed by atoms with Crippen molar-refractivity contribution in [3.8, 4) is 5.75 Å². The predicted octanol–water partition coefficient (Wildman–Crippen LogP) is 0.918. The van der Waals surface area contributed by atoms with Gasteiger partial charge in [0, 0.05) is 25.7 Å². The maximum Gasteiger partial charge on any atom is 0.317 e. The Labute approximate surface area is 137 Å². The zero-order valence-corrected chi connectivity index (χ0v) is 14.2. The van der Waals surface area contributed by atoms with Crippen molar-refractivity contribution < 1.29 is 17.9 Å². The Bertz CT molecular complexity index is 648. The minimum absolute atomic E-state index is 0.187. The van der Waals surface area contributed by atoms with Gasteiger partial charge < -0.3 is 15.0 Å². The Morgan fingerprint density at radius 3 is 2.91 bits per heavy atom. The van der Waals surface area contributed by atoms with Gasteiger partial charge >= 0.3 is 6.03 Å². The zero-order chi connectivity index (χ0) is 16.9. The fraction of sp³-hybridized carbons (Fsp3) is 0.533. The summed E-state index contributed by atoms with van der Waals surface area (Å²) in [5.41, 5.74) is 0.945. The van der Waals surface area contributed by atoms with Crippen LogP contribution in [0.1, 0.15) is 18.4 Å². The number of piperidine rings is 1. The molecule has 2 amide bonds. The van der Waals surface area contributed by atoms with Gasteiger partial charge in [-0.15, -0.1) is 0 Å². The van der Waals surface area contributed by atoms with E-state index in [2.05, 4.69) is 10.0 Å². The van der Waals surface area contributed by atoms with Gasteiger partial charge in [0.05, 0.1) is 13.4 Å². The van der Waals surface area contributed by atoms with E-state index in [1.165, 1.54) is 0 Å². The van der Waals surface area contributed by atoms with Crippen LogP contribution < -0.4 is 14.8 Å². The molecular weight excluding hydrogens is 318 g/mol. The Morgan fingerprint density at radius 2 is 2.22 bits per heavy atom. The van der Waals surface area contributed by atoms with Crippen molar-refractivity contribution in [1.29, 1.82) is 0 Å². The molecule has 1 saturated heterocycles. The number of nitrogens with zero attached hydrogens (tertiary/aromatic N) is 1. The summed E-state index contributed by atoms with van der Waals surface area (Å²) in [5, 5.41) is 2.86. The highest BCUT2D eigenvalue weighted by Gasteiger charge is 2.25. The number of amides is 2. The molecule has 1 aliphatic rings. The predicted molar refractivity (Wildman–Crippen MR) is 87.8 cm³/mol. The van der Waals surface area contributed by atoms with E-state index in [-0.39, 0.29) is 12.1 Å². The summed E-state index contributed by atoms with van der Waals surface area (Å²) in [5.74, 6) is 0.743. The summed E-state index contributed by atoms with van der Waals surface area (Å²) < 4.78 is 30.3. The summed E-state index contributed by atoms with van der Waals surface area (Å²) in [6.07, 6.45) is 2.65. The first-order chi connectivity index (χ1) is 10.9. The molecule has 0 aliphatic carbocycles. The van der Waals surface area contributed by atoms with E-state index in [1.807, 2.05) is 24.3 Å². The number of sulfonamides is 1. The van der Waals surface area contributed by atoms with Gasteiger partial charge in [-0.05, 0) is 30.5 Å². The molecule has 1 aromatic rings. The second-order valence-corrected chi connectivity index (χ2v) is 7.47. The molecule has 0 spiro atoms. The van der Waals surface area contributed by atoms with Crippen molar-refractivity contribution in [3.05, 3.63) is 29.8 Å². The van der Waals surface area contributed by atoms with E-state index in [1.54, 1.807) is 12.0 Å². The molecule has 1 heterocycles. The van der Waals surface area contributed by atoms with E-state index in [9.17, 15) is 13.2 Å². The second-order valence-electron chi connectivity index (χ2n) is 5.69. The molecule has 0 aromatic heterocycles. The zero-order valence-electron chi connectivity index (χ0n) is 13.4. The molecule has 1 aromatic carbocycles. The van der Waals surface area contributed by atoms with E-state index in [0.717, 1.165) is 30.4 Å². The van der Waals surface area contributed by atoms with Crippen LogP contribution in [0.3, 0.4) is 0 Å². The average molecular weight is 341 g/mol. The molecule has 0 saturated carbocycles. The molecule has 8 heteroatoms. The molecule has 23 heavy (non-hydrogen) atoms. The molecule has 7 nitrogen and oxygen atoms in total. The van der Waals surface area contributed by atoms with Crippen LogP contribution in [0.5, 0.6) is 5.75 Å². The standard InChI is InChI=1S/C15H23N3O4S/c1-22-14-7-3-5-12(9-14)10-16-15(19)18-8-4-6-13(11-18)17-23(2,20)21/h3,5,7,9,13,17H,4,6,8,10-11H2,1-2H3,(H,16,19)/t13-/m1/s1. The number of methoxy groups -OCH3 is 1. The fourth-order valence-electron chi connectivity index (χ4n) is 2.63. The molecule has 2 N–H and O–H groups in total. The highest BCUT2D eigenvalue weighted by molar-refractivity contribution is 7.88. The van der Waals surface area contributed by atoms with E-state index >= 15 is 0 Å². The summed E-state index contributed by atoms with van der Waals surface area (Å²) in [4.78, 5) is 13.9. The number of hydrogen-bond acceptors (Lipinski definition) is 4. The number of carbonyl (C=O) groups is 1. The van der Waals surface area contributed by atoms with Crippen molar-refractivity contribution in [2.75, 3.05) is 26.5 Å². The van der Waals surface area contributed by atoms with Crippen molar-refractivity contribution in [1.82, 2.24) is 14.9 Å². The second kappa shape index (κ2) is 7.65. The maximum atomic E-state index is 12.2. The lowest BCUT2D eigenvalue weighted by Crippen LogP contribution is -2.51. The lowest BCUT2D eigenvalue weighted by atomic mass is 10.1. The van der Waals surface area contributed by atoms with E-state index in [0.29, 0.717) is 19.6 Å². The summed E-state index contributed by atoms with van der Waals surface area (Å²) in [6, 6.07) is 7.08. The number of rotatable bonds is 5. The molecule has 2 rings (SSSR count). The number of nitrogens with one attached hydrogen (secondary N) is 2. The Kier molecular flexibility index (Phi) is 5.84. The normalized spacial score (nSPS) is 18.5. The maximum absolute atomic E-state index is 12.2. The van der Waals surface area contributed by atoms with Crippen LogP contribution in [0, 0.1) is 0 Å². The highest BCUT2D eigenvalue weighted by Crippen LogP contribution is 2.13. The van der Waals surface area contributed by atoms with Gasteiger partial charge in [-0.1, -0.05) is 12.1 Å². The Balaban J connectivity index is 1.87. The monoisotopic (exact) mass is 341 g/mol. The van der Waals surface area contributed by atoms with Crippen LogP contribution in [0.15, 0.2) is 24.3 Å². The quantitative estimate of drug-likeness (QED) is 0.834. The number of benzene rings is 1. The van der Waals surface area contributed by atoms with Crippen LogP contribution in [0.25, 0.3) is 0 Å². The molecule has 128 valence electrons. The first-order valence-electron chi connectivity index (χ1n) is 7.50. The Morgan fingerprint density at radius 1 is 1.43 bits per heavy atom. The fourth-order valence-corrected chi connectivity index (χ4v) is 3.43. The third-order valence-electron chi connectivity index (χ3n) is 3.67. The van der Waals surface area contributed by atoms with Gasteiger partial charge in [0.25, 0.3) is 0 Å². The number of likely N-dealkylation sites (tertiary alicyclic amines) is 1. The van der Waals surface area contributed by atoms with Crippen molar-refractivity contribution in [2.24, 2.45) is 0 Å². The molecule has 0 bridgehead atoms. The number of urea groups is 1. The van der Waals surface area contributed by atoms with E-state index in [4.69, 9.17) is 4.74 Å². The SMILES string of the molecule is COc1cccc(CNC(=O)N2CCC[C@@H](NS(C)(=O)=O)C2)c1. The summed E-state index contributed by atoms with van der Waals surface area (Å²) in [7, 11) is -1.66. The van der Waals surface area contributed by atoms with Crippen LogP contribution in [-0.2, 0) is 16.6 Å². The van der Waals surface area contributed by atoms with Gasteiger partial charge in [0.15, 0.2) is 0 Å². The van der Waals surface area contributed by atoms with Crippen LogP contribution in [0.2, 0.25) is 0 Å². The van der Waals surface area contributed by atoms with Crippen molar-refractivity contribution >= 4 is 16.1 Å². The molecule has 1 atom stereocenters. The average Bonchev–Trinajstić information content (AvgIpc) is 2.51. The van der Waals surface area contributed by atoms with Crippen molar-refractivity contribution in [2.45, 2.75) is 25.4 Å². The van der Waals surface area contributed by atoms with Gasteiger partial charge in [0.1, 0.15) is 5.75 Å². The first-order valence-corrected chi connectivity index (χ1v) is 9.39.